The van der Waals surface area contributed by atoms with Crippen LogP contribution in [0.25, 0.3) is 0 Å². The zero-order valence-corrected chi connectivity index (χ0v) is 15.2. The summed E-state index contributed by atoms with van der Waals surface area (Å²) in [6, 6.07) is 10.4. The molecule has 1 aliphatic carbocycles. The fourth-order valence-corrected chi connectivity index (χ4v) is 3.01. The molecule has 7 heteroatoms. The van der Waals surface area contributed by atoms with Gasteiger partial charge in [-0.2, -0.15) is 0 Å². The average molecular weight is 407 g/mol. The molecule has 2 N–H and O–H groups in total. The number of furan rings is 1. The number of hydrogen-bond acceptors (Lipinski definition) is 4. The molecule has 1 aromatic carbocycles. The number of halogens is 1. The van der Waals surface area contributed by atoms with Crippen LogP contribution in [0.2, 0.25) is 0 Å². The van der Waals surface area contributed by atoms with Crippen molar-refractivity contribution in [2.24, 2.45) is 0 Å². The first-order valence-electron chi connectivity index (χ1n) is 8.20. The van der Waals surface area contributed by atoms with Crippen LogP contribution in [0.3, 0.4) is 0 Å². The summed E-state index contributed by atoms with van der Waals surface area (Å²) in [5.74, 6) is 0.194. The summed E-state index contributed by atoms with van der Waals surface area (Å²) >= 11 is 3.12. The summed E-state index contributed by atoms with van der Waals surface area (Å²) < 4.78 is 11.5. The van der Waals surface area contributed by atoms with Gasteiger partial charge in [0.05, 0.1) is 12.6 Å². The van der Waals surface area contributed by atoms with E-state index in [1.54, 1.807) is 18.2 Å². The Kier molecular flexibility index (Phi) is 5.75. The molecule has 0 atom stereocenters. The predicted molar refractivity (Wildman–Crippen MR) is 96.7 cm³/mol. The third-order valence-electron chi connectivity index (χ3n) is 3.95. The monoisotopic (exact) mass is 406 g/mol. The number of nitrogens with one attached hydrogen (secondary N) is 2. The molecule has 0 radical (unpaired) electrons. The van der Waals surface area contributed by atoms with Gasteiger partial charge in [0, 0.05) is 5.69 Å². The van der Waals surface area contributed by atoms with Crippen LogP contribution in [0.1, 0.15) is 36.2 Å². The molecule has 1 fully saturated rings. The summed E-state index contributed by atoms with van der Waals surface area (Å²) in [5.41, 5.74) is 0.652. The first-order chi connectivity index (χ1) is 12.1. The predicted octanol–water partition coefficient (Wildman–Crippen LogP) is 3.73. The summed E-state index contributed by atoms with van der Waals surface area (Å²) in [4.78, 5) is 23.7. The van der Waals surface area contributed by atoms with Gasteiger partial charge in [0.15, 0.2) is 10.4 Å². The van der Waals surface area contributed by atoms with E-state index in [0.29, 0.717) is 16.5 Å². The number of anilines is 1. The quantitative estimate of drug-likeness (QED) is 0.765. The van der Waals surface area contributed by atoms with Gasteiger partial charge in [-0.3, -0.25) is 9.59 Å². The van der Waals surface area contributed by atoms with Crippen LogP contribution >= 0.6 is 15.9 Å². The van der Waals surface area contributed by atoms with E-state index in [1.807, 2.05) is 12.1 Å². The Balaban J connectivity index is 1.45. The molecule has 0 unspecified atom stereocenters. The molecule has 3 rings (SSSR count). The van der Waals surface area contributed by atoms with Crippen molar-refractivity contribution in [2.75, 3.05) is 11.9 Å². The van der Waals surface area contributed by atoms with Crippen LogP contribution < -0.4 is 15.4 Å². The first kappa shape index (κ1) is 17.5. The van der Waals surface area contributed by atoms with Crippen LogP contribution in [-0.2, 0) is 4.79 Å². The molecule has 0 saturated heterocycles. The van der Waals surface area contributed by atoms with Crippen molar-refractivity contribution >= 4 is 33.4 Å². The molecule has 1 aromatic heterocycles. The topological polar surface area (TPSA) is 80.6 Å². The maximum Gasteiger partial charge on any atom is 0.287 e. The molecule has 2 amide bonds. The van der Waals surface area contributed by atoms with Gasteiger partial charge in [-0.25, -0.2) is 0 Å². The molecule has 0 aliphatic heterocycles. The minimum absolute atomic E-state index is 0.141. The number of carbonyl (C=O) groups excluding carboxylic acids is 2. The second-order valence-corrected chi connectivity index (χ2v) is 6.66. The van der Waals surface area contributed by atoms with E-state index in [0.717, 1.165) is 18.6 Å². The summed E-state index contributed by atoms with van der Waals surface area (Å²) in [6.45, 7) is -0.141. The van der Waals surface area contributed by atoms with Crippen molar-refractivity contribution in [3.63, 3.8) is 0 Å². The third kappa shape index (κ3) is 5.09. The highest BCUT2D eigenvalue weighted by Crippen LogP contribution is 2.25. The molecule has 132 valence electrons. The van der Waals surface area contributed by atoms with Gasteiger partial charge in [0.1, 0.15) is 5.75 Å². The number of rotatable bonds is 6. The maximum atomic E-state index is 11.9. The standard InChI is InChI=1S/C18H19BrN2O4/c19-16-10-9-15(25-16)18(23)20-11-17(22)21-12-5-7-14(8-6-12)24-13-3-1-2-4-13/h5-10,13H,1-4,11H2,(H,20,23)(H,21,22). The fraction of sp³-hybridized carbons (Fsp3) is 0.333. The van der Waals surface area contributed by atoms with Gasteiger partial charge in [0.25, 0.3) is 5.91 Å². The second kappa shape index (κ2) is 8.20. The molecule has 1 heterocycles. The van der Waals surface area contributed by atoms with E-state index in [-0.39, 0.29) is 18.2 Å². The Morgan fingerprint density at radius 3 is 2.48 bits per heavy atom. The summed E-state index contributed by atoms with van der Waals surface area (Å²) in [5, 5.41) is 5.23. The van der Waals surface area contributed by atoms with Crippen LogP contribution in [0.4, 0.5) is 5.69 Å². The van der Waals surface area contributed by atoms with E-state index in [2.05, 4.69) is 26.6 Å². The van der Waals surface area contributed by atoms with Gasteiger partial charge in [-0.1, -0.05) is 0 Å². The molecule has 1 saturated carbocycles. The van der Waals surface area contributed by atoms with Gasteiger partial charge in [-0.15, -0.1) is 0 Å². The Bertz CT molecular complexity index is 736. The summed E-state index contributed by atoms with van der Waals surface area (Å²) in [7, 11) is 0. The van der Waals surface area contributed by atoms with Gasteiger partial charge in [0.2, 0.25) is 5.91 Å². The lowest BCUT2D eigenvalue weighted by Gasteiger charge is -2.13. The molecule has 1 aliphatic rings. The fourth-order valence-electron chi connectivity index (χ4n) is 2.70. The van der Waals surface area contributed by atoms with Crippen molar-refractivity contribution in [1.29, 1.82) is 0 Å². The molecule has 6 nitrogen and oxygen atoms in total. The molecule has 0 bridgehead atoms. The van der Waals surface area contributed by atoms with Gasteiger partial charge in [-0.05, 0) is 78.0 Å². The second-order valence-electron chi connectivity index (χ2n) is 5.88. The lowest BCUT2D eigenvalue weighted by Crippen LogP contribution is -2.32. The van der Waals surface area contributed by atoms with E-state index in [1.165, 1.54) is 18.9 Å². The molecule has 25 heavy (non-hydrogen) atoms. The zero-order valence-electron chi connectivity index (χ0n) is 13.6. The van der Waals surface area contributed by atoms with E-state index in [4.69, 9.17) is 9.15 Å². The Morgan fingerprint density at radius 1 is 1.12 bits per heavy atom. The number of amides is 2. The zero-order chi connectivity index (χ0) is 17.6. The molecular formula is C18H19BrN2O4. The van der Waals surface area contributed by atoms with Crippen molar-refractivity contribution in [2.45, 2.75) is 31.8 Å². The van der Waals surface area contributed by atoms with Crippen LogP contribution in [0, 0.1) is 0 Å². The van der Waals surface area contributed by atoms with Crippen molar-refractivity contribution in [3.05, 3.63) is 46.8 Å². The number of hydrogen-bond donors (Lipinski definition) is 2. The summed E-state index contributed by atoms with van der Waals surface area (Å²) in [6.07, 6.45) is 4.95. The van der Waals surface area contributed by atoms with E-state index in [9.17, 15) is 9.59 Å². The van der Waals surface area contributed by atoms with Crippen molar-refractivity contribution < 1.29 is 18.7 Å². The lowest BCUT2D eigenvalue weighted by molar-refractivity contribution is -0.115. The molecular weight excluding hydrogens is 388 g/mol. The SMILES string of the molecule is O=C(CNC(=O)c1ccc(Br)o1)Nc1ccc(OC2CCCC2)cc1. The highest BCUT2D eigenvalue weighted by atomic mass is 79.9. The average Bonchev–Trinajstić information content (AvgIpc) is 3.26. The van der Waals surface area contributed by atoms with Crippen LogP contribution in [-0.4, -0.2) is 24.5 Å². The molecule has 2 aromatic rings. The van der Waals surface area contributed by atoms with E-state index >= 15 is 0 Å². The Labute approximate surface area is 154 Å². The molecule has 0 spiro atoms. The number of ether oxygens (including phenoxy) is 1. The van der Waals surface area contributed by atoms with Crippen molar-refractivity contribution in [1.82, 2.24) is 5.32 Å². The lowest BCUT2D eigenvalue weighted by atomic mass is 10.2. The maximum absolute atomic E-state index is 11.9. The largest absolute Gasteiger partial charge is 0.490 e. The normalized spacial score (nSPS) is 14.3. The minimum Gasteiger partial charge on any atom is -0.490 e. The number of carbonyl (C=O) groups is 2. The Hall–Kier alpha value is -2.28. The minimum atomic E-state index is -0.443. The van der Waals surface area contributed by atoms with Crippen LogP contribution in [0.15, 0.2) is 45.5 Å². The smallest absolute Gasteiger partial charge is 0.287 e. The van der Waals surface area contributed by atoms with E-state index < -0.39 is 5.91 Å². The first-order valence-corrected chi connectivity index (χ1v) is 8.99. The van der Waals surface area contributed by atoms with Gasteiger partial charge < -0.3 is 19.8 Å². The Morgan fingerprint density at radius 2 is 1.84 bits per heavy atom. The highest BCUT2D eigenvalue weighted by Gasteiger charge is 2.16. The van der Waals surface area contributed by atoms with Gasteiger partial charge >= 0.3 is 0 Å². The third-order valence-corrected chi connectivity index (χ3v) is 4.38. The van der Waals surface area contributed by atoms with Crippen molar-refractivity contribution in [3.8, 4) is 5.75 Å². The van der Waals surface area contributed by atoms with Crippen LogP contribution in [0.5, 0.6) is 5.75 Å². The number of benzene rings is 1. The highest BCUT2D eigenvalue weighted by molar-refractivity contribution is 9.10.